The predicted molar refractivity (Wildman–Crippen MR) is 76.3 cm³/mol. The molecule has 0 N–H and O–H groups in total. The molecule has 1 saturated heterocycles. The van der Waals surface area contributed by atoms with Gasteiger partial charge in [-0.25, -0.2) is 4.79 Å². The van der Waals surface area contributed by atoms with E-state index in [-0.39, 0.29) is 11.7 Å². The first-order valence-corrected chi connectivity index (χ1v) is 7.44. The Morgan fingerprint density at radius 2 is 2.00 bits per heavy atom. The van der Waals surface area contributed by atoms with E-state index in [4.69, 9.17) is 9.47 Å². The van der Waals surface area contributed by atoms with E-state index in [1.54, 1.807) is 4.90 Å². The summed E-state index contributed by atoms with van der Waals surface area (Å²) in [5.41, 5.74) is -0.612. The first-order valence-electron chi connectivity index (χ1n) is 7.44. The number of likely N-dealkylation sites (tertiary alicyclic amines) is 1. The highest BCUT2D eigenvalue weighted by Crippen LogP contribution is 2.29. The molecule has 19 heavy (non-hydrogen) atoms. The second kappa shape index (κ2) is 6.60. The minimum Gasteiger partial charge on any atom is -0.444 e. The Balaban J connectivity index is 2.64. The Morgan fingerprint density at radius 1 is 1.32 bits per heavy atom. The first kappa shape index (κ1) is 16.3. The fourth-order valence-corrected chi connectivity index (χ4v) is 2.41. The zero-order valence-corrected chi connectivity index (χ0v) is 13.1. The van der Waals surface area contributed by atoms with Gasteiger partial charge < -0.3 is 14.4 Å². The Kier molecular flexibility index (Phi) is 5.65. The second-order valence-corrected chi connectivity index (χ2v) is 6.39. The number of carbonyl (C=O) groups is 1. The summed E-state index contributed by atoms with van der Waals surface area (Å²) in [5.74, 6) is 0. The topological polar surface area (TPSA) is 38.8 Å². The van der Waals surface area contributed by atoms with Crippen molar-refractivity contribution in [2.24, 2.45) is 0 Å². The molecule has 0 bridgehead atoms. The third-order valence-corrected chi connectivity index (χ3v) is 3.45. The summed E-state index contributed by atoms with van der Waals surface area (Å²) < 4.78 is 11.5. The number of rotatable bonds is 4. The van der Waals surface area contributed by atoms with Gasteiger partial charge in [0.05, 0.1) is 12.1 Å². The molecule has 0 aromatic carbocycles. The van der Waals surface area contributed by atoms with E-state index < -0.39 is 5.60 Å². The molecular formula is C15H29NO3. The highest BCUT2D eigenvalue weighted by atomic mass is 16.6. The number of hydrogen-bond donors (Lipinski definition) is 0. The lowest BCUT2D eigenvalue weighted by Crippen LogP contribution is -2.52. The van der Waals surface area contributed by atoms with Crippen molar-refractivity contribution in [2.45, 2.75) is 71.5 Å². The van der Waals surface area contributed by atoms with E-state index >= 15 is 0 Å². The zero-order valence-electron chi connectivity index (χ0n) is 13.1. The van der Waals surface area contributed by atoms with E-state index in [0.29, 0.717) is 6.54 Å². The molecule has 1 heterocycles. The summed E-state index contributed by atoms with van der Waals surface area (Å²) in [4.78, 5) is 13.9. The lowest BCUT2D eigenvalue weighted by Gasteiger charge is -2.42. The number of piperidine rings is 1. The highest BCUT2D eigenvalue weighted by Gasteiger charge is 2.37. The molecule has 0 aromatic heterocycles. The molecule has 1 unspecified atom stereocenters. The van der Waals surface area contributed by atoms with Crippen LogP contribution in [0.2, 0.25) is 0 Å². The van der Waals surface area contributed by atoms with Gasteiger partial charge in [-0.15, -0.1) is 0 Å². The van der Waals surface area contributed by atoms with Gasteiger partial charge in [-0.3, -0.25) is 0 Å². The second-order valence-electron chi connectivity index (χ2n) is 6.39. The van der Waals surface area contributed by atoms with Gasteiger partial charge in [0.15, 0.2) is 0 Å². The molecule has 1 fully saturated rings. The van der Waals surface area contributed by atoms with Crippen molar-refractivity contribution in [3.05, 3.63) is 0 Å². The van der Waals surface area contributed by atoms with Crippen LogP contribution in [0.25, 0.3) is 0 Å². The number of amides is 1. The standard InChI is InChI=1S/C15H29NO3/c1-6-11-18-15(7-2)9-8-10-16(12-15)13(17)19-14(3,4)5/h6-12H2,1-5H3. The SMILES string of the molecule is CCCOC1(CC)CCCN(C(=O)OC(C)(C)C)C1. The molecule has 1 atom stereocenters. The van der Waals surface area contributed by atoms with Gasteiger partial charge in [0.2, 0.25) is 0 Å². The van der Waals surface area contributed by atoms with E-state index in [0.717, 1.165) is 38.8 Å². The maximum Gasteiger partial charge on any atom is 0.410 e. The Bertz CT molecular complexity index is 298. The van der Waals surface area contributed by atoms with Crippen LogP contribution in [0.5, 0.6) is 0 Å². The smallest absolute Gasteiger partial charge is 0.410 e. The van der Waals surface area contributed by atoms with Gasteiger partial charge in [-0.05, 0) is 46.5 Å². The highest BCUT2D eigenvalue weighted by molar-refractivity contribution is 5.68. The lowest BCUT2D eigenvalue weighted by molar-refractivity contribution is -0.0930. The van der Waals surface area contributed by atoms with Crippen LogP contribution in [-0.4, -0.2) is 41.9 Å². The molecule has 112 valence electrons. The van der Waals surface area contributed by atoms with Crippen molar-refractivity contribution >= 4 is 6.09 Å². The quantitative estimate of drug-likeness (QED) is 0.784. The normalized spacial score (nSPS) is 24.4. The summed E-state index contributed by atoms with van der Waals surface area (Å²) >= 11 is 0. The molecule has 1 amide bonds. The largest absolute Gasteiger partial charge is 0.444 e. The van der Waals surface area contributed by atoms with Gasteiger partial charge in [0, 0.05) is 13.2 Å². The summed E-state index contributed by atoms with van der Waals surface area (Å²) in [5, 5.41) is 0. The molecule has 1 aliphatic heterocycles. The van der Waals surface area contributed by atoms with Crippen LogP contribution >= 0.6 is 0 Å². The molecule has 4 nitrogen and oxygen atoms in total. The van der Waals surface area contributed by atoms with Crippen LogP contribution in [-0.2, 0) is 9.47 Å². The Labute approximate surface area is 117 Å². The third-order valence-electron chi connectivity index (χ3n) is 3.45. The monoisotopic (exact) mass is 271 g/mol. The maximum atomic E-state index is 12.1. The van der Waals surface area contributed by atoms with Crippen LogP contribution in [0.1, 0.15) is 60.3 Å². The molecule has 0 aliphatic carbocycles. The van der Waals surface area contributed by atoms with Gasteiger partial charge in [0.1, 0.15) is 5.60 Å². The zero-order chi connectivity index (χ0) is 14.5. The molecule has 1 rings (SSSR count). The first-order chi connectivity index (χ1) is 8.82. The van der Waals surface area contributed by atoms with Crippen molar-refractivity contribution in [1.82, 2.24) is 4.90 Å². The lowest BCUT2D eigenvalue weighted by atomic mass is 9.90. The summed E-state index contributed by atoms with van der Waals surface area (Å²) in [6.07, 6.45) is 3.74. The number of carbonyl (C=O) groups excluding carboxylic acids is 1. The van der Waals surface area contributed by atoms with Crippen LogP contribution in [0, 0.1) is 0 Å². The Morgan fingerprint density at radius 3 is 2.53 bits per heavy atom. The van der Waals surface area contributed by atoms with Crippen LogP contribution in [0.3, 0.4) is 0 Å². The molecule has 4 heteroatoms. The van der Waals surface area contributed by atoms with Gasteiger partial charge in [-0.1, -0.05) is 13.8 Å². The summed E-state index contributed by atoms with van der Waals surface area (Å²) in [6, 6.07) is 0. The van der Waals surface area contributed by atoms with Crippen molar-refractivity contribution in [3.63, 3.8) is 0 Å². The van der Waals surface area contributed by atoms with E-state index in [1.807, 2.05) is 20.8 Å². The minimum absolute atomic E-state index is 0.175. The maximum absolute atomic E-state index is 12.1. The Hall–Kier alpha value is -0.770. The fourth-order valence-electron chi connectivity index (χ4n) is 2.41. The molecule has 0 aromatic rings. The average molecular weight is 271 g/mol. The number of ether oxygens (including phenoxy) is 2. The van der Waals surface area contributed by atoms with Gasteiger partial charge in [-0.2, -0.15) is 0 Å². The summed E-state index contributed by atoms with van der Waals surface area (Å²) in [6.45, 7) is 12.1. The van der Waals surface area contributed by atoms with Gasteiger partial charge >= 0.3 is 6.09 Å². The minimum atomic E-state index is -0.437. The van der Waals surface area contributed by atoms with Crippen LogP contribution in [0.15, 0.2) is 0 Å². The molecular weight excluding hydrogens is 242 g/mol. The van der Waals surface area contributed by atoms with Crippen molar-refractivity contribution in [3.8, 4) is 0 Å². The average Bonchev–Trinajstić information content (AvgIpc) is 2.34. The van der Waals surface area contributed by atoms with E-state index in [9.17, 15) is 4.79 Å². The number of hydrogen-bond acceptors (Lipinski definition) is 3. The van der Waals surface area contributed by atoms with E-state index in [1.165, 1.54) is 0 Å². The molecule has 0 spiro atoms. The van der Waals surface area contributed by atoms with Crippen molar-refractivity contribution in [2.75, 3.05) is 19.7 Å². The van der Waals surface area contributed by atoms with E-state index in [2.05, 4.69) is 13.8 Å². The van der Waals surface area contributed by atoms with Crippen molar-refractivity contribution in [1.29, 1.82) is 0 Å². The molecule has 1 aliphatic rings. The molecule has 0 radical (unpaired) electrons. The van der Waals surface area contributed by atoms with Gasteiger partial charge in [0.25, 0.3) is 0 Å². The number of nitrogens with zero attached hydrogens (tertiary/aromatic N) is 1. The molecule has 0 saturated carbocycles. The fraction of sp³-hybridized carbons (Fsp3) is 0.933. The predicted octanol–water partition coefficient (Wildman–Crippen LogP) is 3.59. The van der Waals surface area contributed by atoms with Crippen LogP contribution in [0.4, 0.5) is 4.79 Å². The third kappa shape index (κ3) is 5.01. The summed E-state index contributed by atoms with van der Waals surface area (Å²) in [7, 11) is 0. The van der Waals surface area contributed by atoms with Crippen LogP contribution < -0.4 is 0 Å². The van der Waals surface area contributed by atoms with Crippen molar-refractivity contribution < 1.29 is 14.3 Å².